The number of hydrogen-bond donors (Lipinski definition) is 1. The van der Waals surface area contributed by atoms with Gasteiger partial charge in [0.25, 0.3) is 0 Å². The smallest absolute Gasteiger partial charge is 0.180 e. The van der Waals surface area contributed by atoms with Crippen LogP contribution in [0.5, 0.6) is 5.75 Å². The first kappa shape index (κ1) is 13.3. The van der Waals surface area contributed by atoms with Gasteiger partial charge in [-0.1, -0.05) is 13.8 Å². The van der Waals surface area contributed by atoms with Crippen molar-refractivity contribution in [1.82, 2.24) is 4.90 Å². The molecule has 112 valence electrons. The monoisotopic (exact) mass is 285 g/mol. The number of carbonyl (C=O) groups excluding carboxylic acids is 1. The van der Waals surface area contributed by atoms with Gasteiger partial charge in [0.2, 0.25) is 0 Å². The molecule has 3 heteroatoms. The minimum Gasteiger partial charge on any atom is -0.508 e. The highest BCUT2D eigenvalue weighted by Gasteiger charge is 2.52. The Labute approximate surface area is 126 Å². The van der Waals surface area contributed by atoms with E-state index in [1.807, 2.05) is 12.1 Å². The SMILES string of the molecule is C[C@H]1[C@@H]2C(=O)c3ccc(O)cc3[C@@]1(C)CCN2CC1CC1. The summed E-state index contributed by atoms with van der Waals surface area (Å²) in [6.45, 7) is 6.57. The molecule has 21 heavy (non-hydrogen) atoms. The first-order valence-electron chi connectivity index (χ1n) is 8.12. The number of rotatable bonds is 2. The number of likely N-dealkylation sites (tertiary alicyclic amines) is 1. The molecule has 0 aromatic heterocycles. The lowest BCUT2D eigenvalue weighted by Crippen LogP contribution is -2.61. The van der Waals surface area contributed by atoms with Crippen LogP contribution in [0.4, 0.5) is 0 Å². The van der Waals surface area contributed by atoms with Crippen molar-refractivity contribution in [1.29, 1.82) is 0 Å². The standard InChI is InChI=1S/C18H23NO2/c1-11-16-17(21)14-6-5-13(20)9-15(14)18(11,2)7-8-19(16)10-12-3-4-12/h5-6,9,11-12,16,20H,3-4,7-8,10H2,1-2H3/t11-,16+,18-/m0/s1. The Morgan fingerprint density at radius 2 is 2.14 bits per heavy atom. The lowest BCUT2D eigenvalue weighted by Gasteiger charge is -2.53. The molecule has 2 fully saturated rings. The van der Waals surface area contributed by atoms with E-state index in [-0.39, 0.29) is 23.0 Å². The lowest BCUT2D eigenvalue weighted by atomic mass is 9.58. The van der Waals surface area contributed by atoms with Crippen LogP contribution in [0.2, 0.25) is 0 Å². The summed E-state index contributed by atoms with van der Waals surface area (Å²) in [5.74, 6) is 1.66. The Hall–Kier alpha value is -1.35. The molecule has 1 saturated heterocycles. The van der Waals surface area contributed by atoms with Gasteiger partial charge in [0.15, 0.2) is 5.78 Å². The topological polar surface area (TPSA) is 40.5 Å². The van der Waals surface area contributed by atoms with Gasteiger partial charge in [-0.15, -0.1) is 0 Å². The zero-order chi connectivity index (χ0) is 14.8. The van der Waals surface area contributed by atoms with Crippen LogP contribution in [-0.4, -0.2) is 34.9 Å². The van der Waals surface area contributed by atoms with Crippen molar-refractivity contribution in [3.8, 4) is 5.75 Å². The van der Waals surface area contributed by atoms with E-state index < -0.39 is 0 Å². The number of phenols is 1. The first-order valence-corrected chi connectivity index (χ1v) is 8.12. The molecule has 2 bridgehead atoms. The Kier molecular flexibility index (Phi) is 2.74. The molecule has 1 N–H and O–H groups in total. The van der Waals surface area contributed by atoms with E-state index in [1.165, 1.54) is 12.8 Å². The van der Waals surface area contributed by atoms with Crippen LogP contribution < -0.4 is 0 Å². The molecule has 0 unspecified atom stereocenters. The molecule has 1 saturated carbocycles. The van der Waals surface area contributed by atoms with Gasteiger partial charge in [0.05, 0.1) is 6.04 Å². The molecular formula is C18H23NO2. The maximum absolute atomic E-state index is 13.0. The predicted octanol–water partition coefficient (Wildman–Crippen LogP) is 2.97. The molecule has 1 aliphatic heterocycles. The quantitative estimate of drug-likeness (QED) is 0.908. The van der Waals surface area contributed by atoms with Crippen molar-refractivity contribution < 1.29 is 9.90 Å². The third-order valence-electron chi connectivity index (χ3n) is 6.13. The van der Waals surface area contributed by atoms with Crippen molar-refractivity contribution in [2.75, 3.05) is 13.1 Å². The van der Waals surface area contributed by atoms with Crippen molar-refractivity contribution in [2.24, 2.45) is 11.8 Å². The number of phenolic OH excluding ortho intramolecular Hbond substituents is 1. The lowest BCUT2D eigenvalue weighted by molar-refractivity contribution is 0.0265. The van der Waals surface area contributed by atoms with E-state index in [1.54, 1.807) is 6.07 Å². The second kappa shape index (κ2) is 4.33. The minimum atomic E-state index is 0.00665. The number of Topliss-reactive ketones (excluding diaryl/α,β-unsaturated/α-hetero) is 1. The molecule has 0 amide bonds. The van der Waals surface area contributed by atoms with Gasteiger partial charge in [-0.05, 0) is 66.8 Å². The van der Waals surface area contributed by atoms with Crippen LogP contribution in [0.15, 0.2) is 18.2 Å². The van der Waals surface area contributed by atoms with E-state index in [4.69, 9.17) is 0 Å². The van der Waals surface area contributed by atoms with Crippen LogP contribution in [0.3, 0.4) is 0 Å². The minimum absolute atomic E-state index is 0.00665. The van der Waals surface area contributed by atoms with Gasteiger partial charge in [-0.2, -0.15) is 0 Å². The highest BCUT2D eigenvalue weighted by Crippen LogP contribution is 2.49. The number of piperidine rings is 1. The Balaban J connectivity index is 1.79. The van der Waals surface area contributed by atoms with E-state index >= 15 is 0 Å². The molecular weight excluding hydrogens is 262 g/mol. The normalized spacial score (nSPS) is 35.6. The fourth-order valence-corrected chi connectivity index (χ4v) is 4.40. The largest absolute Gasteiger partial charge is 0.508 e. The summed E-state index contributed by atoms with van der Waals surface area (Å²) in [5, 5.41) is 9.83. The van der Waals surface area contributed by atoms with Gasteiger partial charge < -0.3 is 5.11 Å². The van der Waals surface area contributed by atoms with E-state index in [0.29, 0.717) is 5.92 Å². The summed E-state index contributed by atoms with van der Waals surface area (Å²) < 4.78 is 0. The van der Waals surface area contributed by atoms with Crippen LogP contribution in [0, 0.1) is 11.8 Å². The average Bonchev–Trinajstić information content (AvgIpc) is 3.25. The fraction of sp³-hybridized carbons (Fsp3) is 0.611. The third-order valence-corrected chi connectivity index (χ3v) is 6.13. The number of aromatic hydroxyl groups is 1. The second-order valence-corrected chi connectivity index (χ2v) is 7.43. The summed E-state index contributed by atoms with van der Waals surface area (Å²) in [7, 11) is 0. The first-order chi connectivity index (χ1) is 10.0. The van der Waals surface area contributed by atoms with Gasteiger partial charge in [-0.3, -0.25) is 9.69 Å². The molecule has 1 heterocycles. The summed E-state index contributed by atoms with van der Waals surface area (Å²) in [6, 6.07) is 5.32. The number of benzene rings is 1. The van der Waals surface area contributed by atoms with E-state index in [9.17, 15) is 9.90 Å². The summed E-state index contributed by atoms with van der Waals surface area (Å²) in [5.41, 5.74) is 1.90. The highest BCUT2D eigenvalue weighted by molar-refractivity contribution is 6.03. The number of nitrogens with zero attached hydrogens (tertiary/aromatic N) is 1. The molecule has 3 aliphatic rings. The van der Waals surface area contributed by atoms with Crippen molar-refractivity contribution in [3.05, 3.63) is 29.3 Å². The molecule has 0 radical (unpaired) electrons. The van der Waals surface area contributed by atoms with Crippen LogP contribution in [0.1, 0.15) is 49.0 Å². The van der Waals surface area contributed by atoms with Crippen LogP contribution in [0.25, 0.3) is 0 Å². The van der Waals surface area contributed by atoms with Gasteiger partial charge in [0.1, 0.15) is 5.75 Å². The fourth-order valence-electron chi connectivity index (χ4n) is 4.40. The molecule has 1 aromatic rings. The van der Waals surface area contributed by atoms with Gasteiger partial charge in [-0.25, -0.2) is 0 Å². The maximum Gasteiger partial charge on any atom is 0.180 e. The zero-order valence-corrected chi connectivity index (χ0v) is 12.8. The molecule has 2 aliphatic carbocycles. The van der Waals surface area contributed by atoms with Crippen LogP contribution in [-0.2, 0) is 5.41 Å². The van der Waals surface area contributed by atoms with Crippen molar-refractivity contribution in [3.63, 3.8) is 0 Å². The second-order valence-electron chi connectivity index (χ2n) is 7.43. The van der Waals surface area contributed by atoms with E-state index in [0.717, 1.165) is 36.6 Å². The number of hydrogen-bond acceptors (Lipinski definition) is 3. The maximum atomic E-state index is 13.0. The summed E-state index contributed by atoms with van der Waals surface area (Å²) in [4.78, 5) is 15.4. The van der Waals surface area contributed by atoms with Gasteiger partial charge >= 0.3 is 0 Å². The number of ketones is 1. The molecule has 1 aromatic carbocycles. The molecule has 3 nitrogen and oxygen atoms in total. The predicted molar refractivity (Wildman–Crippen MR) is 81.7 cm³/mol. The van der Waals surface area contributed by atoms with Crippen LogP contribution >= 0.6 is 0 Å². The summed E-state index contributed by atoms with van der Waals surface area (Å²) >= 11 is 0. The Morgan fingerprint density at radius 1 is 1.38 bits per heavy atom. The number of fused-ring (bicyclic) bond motifs is 4. The average molecular weight is 285 g/mol. The van der Waals surface area contributed by atoms with Gasteiger partial charge in [0, 0.05) is 12.1 Å². The highest BCUT2D eigenvalue weighted by atomic mass is 16.3. The molecule has 3 atom stereocenters. The Bertz CT molecular complexity index is 607. The molecule has 4 rings (SSSR count). The van der Waals surface area contributed by atoms with Crippen molar-refractivity contribution in [2.45, 2.75) is 44.6 Å². The molecule has 0 spiro atoms. The number of carbonyl (C=O) groups is 1. The summed E-state index contributed by atoms with van der Waals surface area (Å²) in [6.07, 6.45) is 3.72. The van der Waals surface area contributed by atoms with E-state index in [2.05, 4.69) is 18.7 Å². The Morgan fingerprint density at radius 3 is 2.86 bits per heavy atom. The third kappa shape index (κ3) is 1.87. The van der Waals surface area contributed by atoms with Crippen molar-refractivity contribution >= 4 is 5.78 Å². The zero-order valence-electron chi connectivity index (χ0n) is 12.8.